The van der Waals surface area contributed by atoms with Gasteiger partial charge in [-0.1, -0.05) is 0 Å². The first-order chi connectivity index (χ1) is 7.66. The van der Waals surface area contributed by atoms with Gasteiger partial charge in [0.2, 0.25) is 0 Å². The lowest BCUT2D eigenvalue weighted by molar-refractivity contribution is 0.131. The molecule has 1 heterocycles. The van der Waals surface area contributed by atoms with Crippen molar-refractivity contribution in [3.63, 3.8) is 0 Å². The summed E-state index contributed by atoms with van der Waals surface area (Å²) >= 11 is 0. The van der Waals surface area contributed by atoms with E-state index in [1.807, 2.05) is 0 Å². The van der Waals surface area contributed by atoms with E-state index in [1.165, 1.54) is 12.8 Å². The number of rotatable bonds is 2. The molecule has 3 heteroatoms. The Morgan fingerprint density at radius 2 is 1.75 bits per heavy atom. The average Bonchev–Trinajstić information content (AvgIpc) is 2.30. The number of hydrogen-bond acceptors (Lipinski definition) is 2. The number of nitrogens with zero attached hydrogens (tertiary/aromatic N) is 1. The zero-order valence-electron chi connectivity index (χ0n) is 10.6. The maximum atomic E-state index is 13.1. The van der Waals surface area contributed by atoms with Crippen molar-refractivity contribution < 1.29 is 4.39 Å². The minimum Gasteiger partial charge on any atom is -0.314 e. The molecule has 2 rings (SSSR count). The Balaban J connectivity index is 1.84. The molecular formula is C13H25FN2. The van der Waals surface area contributed by atoms with Crippen LogP contribution in [0.1, 0.15) is 38.5 Å². The molecule has 1 N–H and O–H groups in total. The molecule has 1 saturated carbocycles. The largest absolute Gasteiger partial charge is 0.314 e. The first kappa shape index (κ1) is 12.3. The predicted octanol–water partition coefficient (Wildman–Crippen LogP) is 2.20. The smallest absolute Gasteiger partial charge is 0.100 e. The average molecular weight is 228 g/mol. The van der Waals surface area contributed by atoms with Crippen LogP contribution in [0.3, 0.4) is 0 Å². The lowest BCUT2D eigenvalue weighted by Crippen LogP contribution is -2.49. The Hall–Kier alpha value is -0.150. The van der Waals surface area contributed by atoms with Crippen molar-refractivity contribution in [1.29, 1.82) is 0 Å². The molecule has 2 nitrogen and oxygen atoms in total. The second-order valence-corrected chi connectivity index (χ2v) is 5.71. The molecule has 0 amide bonds. The Bertz CT molecular complexity index is 212. The quantitative estimate of drug-likeness (QED) is 0.779. The molecule has 2 fully saturated rings. The van der Waals surface area contributed by atoms with Crippen LogP contribution in [0.5, 0.6) is 0 Å². The molecule has 2 unspecified atom stereocenters. The summed E-state index contributed by atoms with van der Waals surface area (Å²) in [4.78, 5) is 2.34. The first-order valence-electron chi connectivity index (χ1n) is 6.70. The summed E-state index contributed by atoms with van der Waals surface area (Å²) in [6, 6.07) is 1.35. The van der Waals surface area contributed by atoms with Gasteiger partial charge in [-0.15, -0.1) is 0 Å². The number of hydrogen-bond donors (Lipinski definition) is 1. The zero-order valence-corrected chi connectivity index (χ0v) is 10.6. The van der Waals surface area contributed by atoms with Gasteiger partial charge in [0, 0.05) is 12.1 Å². The van der Waals surface area contributed by atoms with Gasteiger partial charge in [0.1, 0.15) is 6.17 Å². The van der Waals surface area contributed by atoms with Crippen molar-refractivity contribution in [2.75, 3.05) is 20.6 Å². The molecule has 0 aromatic rings. The fourth-order valence-corrected chi connectivity index (χ4v) is 3.24. The van der Waals surface area contributed by atoms with E-state index in [4.69, 9.17) is 0 Å². The molecule has 2 aliphatic rings. The molecule has 16 heavy (non-hydrogen) atoms. The Labute approximate surface area is 98.6 Å². The number of nitrogens with one attached hydrogen (secondary N) is 1. The summed E-state index contributed by atoms with van der Waals surface area (Å²) in [5.74, 6) is 0.717. The Morgan fingerprint density at radius 1 is 1.06 bits per heavy atom. The highest BCUT2D eigenvalue weighted by molar-refractivity contribution is 4.89. The van der Waals surface area contributed by atoms with Gasteiger partial charge in [0.05, 0.1) is 0 Å². The Kier molecular flexibility index (Phi) is 4.20. The zero-order chi connectivity index (χ0) is 11.5. The number of alkyl halides is 1. The Morgan fingerprint density at radius 3 is 2.38 bits per heavy atom. The highest BCUT2D eigenvalue weighted by Gasteiger charge is 2.31. The highest BCUT2D eigenvalue weighted by atomic mass is 19.1. The fraction of sp³-hybridized carbons (Fsp3) is 1.00. The second-order valence-electron chi connectivity index (χ2n) is 5.71. The summed E-state index contributed by atoms with van der Waals surface area (Å²) in [6.07, 6.45) is 5.71. The molecule has 1 saturated heterocycles. The van der Waals surface area contributed by atoms with Crippen LogP contribution in [-0.4, -0.2) is 43.8 Å². The first-order valence-corrected chi connectivity index (χ1v) is 6.70. The van der Waals surface area contributed by atoms with Crippen LogP contribution in [0.4, 0.5) is 4.39 Å². The van der Waals surface area contributed by atoms with Crippen molar-refractivity contribution in [1.82, 2.24) is 10.2 Å². The minimum absolute atomic E-state index is 0.524. The standard InChI is InChI=1S/C13H25FN2/c1-16(2)12-7-8-15-13(9-12)10-3-5-11(14)6-4-10/h10-13,15H,3-9H2,1-2H3. The molecule has 0 spiro atoms. The fourth-order valence-electron chi connectivity index (χ4n) is 3.24. The molecule has 1 aliphatic carbocycles. The molecule has 0 aromatic carbocycles. The normalized spacial score (nSPS) is 41.2. The number of piperidine rings is 1. The third-order valence-electron chi connectivity index (χ3n) is 4.41. The molecule has 0 radical (unpaired) electrons. The SMILES string of the molecule is CN(C)C1CCNC(C2CCC(F)CC2)C1. The van der Waals surface area contributed by atoms with Crippen LogP contribution < -0.4 is 5.32 Å². The lowest BCUT2D eigenvalue weighted by atomic mass is 9.79. The maximum Gasteiger partial charge on any atom is 0.100 e. The monoisotopic (exact) mass is 228 g/mol. The maximum absolute atomic E-state index is 13.1. The van der Waals surface area contributed by atoms with E-state index >= 15 is 0 Å². The number of halogens is 1. The third kappa shape index (κ3) is 2.95. The van der Waals surface area contributed by atoms with Crippen molar-refractivity contribution in [2.24, 2.45) is 5.92 Å². The lowest BCUT2D eigenvalue weighted by Gasteiger charge is -2.40. The van der Waals surface area contributed by atoms with Gasteiger partial charge in [-0.25, -0.2) is 4.39 Å². The van der Waals surface area contributed by atoms with Crippen molar-refractivity contribution in [2.45, 2.75) is 56.8 Å². The van der Waals surface area contributed by atoms with Crippen molar-refractivity contribution in [3.05, 3.63) is 0 Å². The van der Waals surface area contributed by atoms with E-state index in [-0.39, 0.29) is 0 Å². The molecule has 0 aromatic heterocycles. The van der Waals surface area contributed by atoms with E-state index in [1.54, 1.807) is 0 Å². The molecule has 0 bridgehead atoms. The van der Waals surface area contributed by atoms with Gasteiger partial charge >= 0.3 is 0 Å². The van der Waals surface area contributed by atoms with E-state index in [9.17, 15) is 4.39 Å². The summed E-state index contributed by atoms with van der Waals surface area (Å²) < 4.78 is 13.1. The van der Waals surface area contributed by atoms with Gasteiger partial charge in [0.25, 0.3) is 0 Å². The van der Waals surface area contributed by atoms with E-state index in [0.29, 0.717) is 12.1 Å². The van der Waals surface area contributed by atoms with Gasteiger partial charge in [-0.3, -0.25) is 0 Å². The van der Waals surface area contributed by atoms with E-state index in [0.717, 1.165) is 38.1 Å². The van der Waals surface area contributed by atoms with Gasteiger partial charge in [0.15, 0.2) is 0 Å². The van der Waals surface area contributed by atoms with Crippen molar-refractivity contribution >= 4 is 0 Å². The van der Waals surface area contributed by atoms with Crippen molar-refractivity contribution in [3.8, 4) is 0 Å². The van der Waals surface area contributed by atoms with Gasteiger partial charge in [-0.05, 0) is 65.1 Å². The summed E-state index contributed by atoms with van der Waals surface area (Å²) in [6.45, 7) is 1.13. The summed E-state index contributed by atoms with van der Waals surface area (Å²) in [5, 5.41) is 3.64. The van der Waals surface area contributed by atoms with Gasteiger partial charge < -0.3 is 10.2 Å². The van der Waals surface area contributed by atoms with Crippen LogP contribution in [0, 0.1) is 5.92 Å². The predicted molar refractivity (Wildman–Crippen MR) is 65.4 cm³/mol. The molecule has 2 atom stereocenters. The van der Waals surface area contributed by atoms with Crippen LogP contribution in [0.2, 0.25) is 0 Å². The molecule has 94 valence electrons. The van der Waals surface area contributed by atoms with E-state index < -0.39 is 6.17 Å². The summed E-state index contributed by atoms with van der Waals surface area (Å²) in [5.41, 5.74) is 0. The summed E-state index contributed by atoms with van der Waals surface area (Å²) in [7, 11) is 4.34. The van der Waals surface area contributed by atoms with Crippen LogP contribution in [0.15, 0.2) is 0 Å². The van der Waals surface area contributed by atoms with Crippen LogP contribution >= 0.6 is 0 Å². The van der Waals surface area contributed by atoms with Crippen LogP contribution in [-0.2, 0) is 0 Å². The molecule has 1 aliphatic heterocycles. The second kappa shape index (κ2) is 5.46. The third-order valence-corrected chi connectivity index (χ3v) is 4.41. The molecular weight excluding hydrogens is 203 g/mol. The van der Waals surface area contributed by atoms with E-state index in [2.05, 4.69) is 24.3 Å². The van der Waals surface area contributed by atoms with Crippen LogP contribution in [0.25, 0.3) is 0 Å². The minimum atomic E-state index is -0.524. The topological polar surface area (TPSA) is 15.3 Å². The highest BCUT2D eigenvalue weighted by Crippen LogP contribution is 2.31. The van der Waals surface area contributed by atoms with Gasteiger partial charge in [-0.2, -0.15) is 0 Å².